The first-order valence-electron chi connectivity index (χ1n) is 4.50. The SMILES string of the molecule is Nc1ccc2c(c1)CC(C(=O)O)C(=O)N2. The molecule has 0 fully saturated rings. The summed E-state index contributed by atoms with van der Waals surface area (Å²) < 4.78 is 0. The van der Waals surface area contributed by atoms with Gasteiger partial charge in [-0.25, -0.2) is 0 Å². The maximum absolute atomic E-state index is 11.4. The van der Waals surface area contributed by atoms with Gasteiger partial charge in [-0.3, -0.25) is 9.59 Å². The highest BCUT2D eigenvalue weighted by atomic mass is 16.4. The molecule has 1 amide bonds. The average molecular weight is 206 g/mol. The van der Waals surface area contributed by atoms with E-state index in [-0.39, 0.29) is 6.42 Å². The summed E-state index contributed by atoms with van der Waals surface area (Å²) in [5.41, 5.74) is 7.55. The number of anilines is 2. The van der Waals surface area contributed by atoms with Crippen molar-refractivity contribution >= 4 is 23.3 Å². The van der Waals surface area contributed by atoms with E-state index in [2.05, 4.69) is 5.32 Å². The Kier molecular flexibility index (Phi) is 2.07. The lowest BCUT2D eigenvalue weighted by molar-refractivity contribution is -0.145. The van der Waals surface area contributed by atoms with Gasteiger partial charge in [0.25, 0.3) is 0 Å². The largest absolute Gasteiger partial charge is 0.481 e. The lowest BCUT2D eigenvalue weighted by Gasteiger charge is -2.21. The van der Waals surface area contributed by atoms with Gasteiger partial charge in [-0.1, -0.05) is 0 Å². The van der Waals surface area contributed by atoms with Gasteiger partial charge in [0.1, 0.15) is 5.92 Å². The minimum atomic E-state index is -1.11. The van der Waals surface area contributed by atoms with Crippen LogP contribution >= 0.6 is 0 Å². The Labute approximate surface area is 85.9 Å². The zero-order chi connectivity index (χ0) is 11.0. The molecule has 0 bridgehead atoms. The zero-order valence-electron chi connectivity index (χ0n) is 7.86. The van der Waals surface area contributed by atoms with Crippen LogP contribution < -0.4 is 11.1 Å². The highest BCUT2D eigenvalue weighted by molar-refractivity contribution is 6.06. The summed E-state index contributed by atoms with van der Waals surface area (Å²) in [6, 6.07) is 5.03. The Balaban J connectivity index is 2.39. The first kappa shape index (κ1) is 9.51. The lowest BCUT2D eigenvalue weighted by atomic mass is 9.93. The van der Waals surface area contributed by atoms with E-state index in [0.29, 0.717) is 11.4 Å². The number of hydrogen-bond donors (Lipinski definition) is 3. The Morgan fingerprint density at radius 2 is 2.27 bits per heavy atom. The summed E-state index contributed by atoms with van der Waals surface area (Å²) in [6.45, 7) is 0. The number of nitrogen functional groups attached to an aromatic ring is 1. The standard InChI is InChI=1S/C10H10N2O3/c11-6-1-2-8-5(3-6)4-7(10(14)15)9(13)12-8/h1-3,7H,4,11H2,(H,12,13)(H,14,15). The van der Waals surface area contributed by atoms with Crippen molar-refractivity contribution in [1.29, 1.82) is 0 Å². The van der Waals surface area contributed by atoms with Crippen molar-refractivity contribution in [2.24, 2.45) is 5.92 Å². The normalized spacial score (nSPS) is 19.2. The van der Waals surface area contributed by atoms with Crippen molar-refractivity contribution < 1.29 is 14.7 Å². The van der Waals surface area contributed by atoms with Crippen LogP contribution in [0.15, 0.2) is 18.2 Å². The van der Waals surface area contributed by atoms with Gasteiger partial charge in [-0.05, 0) is 30.2 Å². The van der Waals surface area contributed by atoms with Crippen LogP contribution in [-0.2, 0) is 16.0 Å². The Morgan fingerprint density at radius 3 is 2.93 bits per heavy atom. The summed E-state index contributed by atoms with van der Waals surface area (Å²) >= 11 is 0. The number of hydrogen-bond acceptors (Lipinski definition) is 3. The van der Waals surface area contributed by atoms with Crippen molar-refractivity contribution in [3.8, 4) is 0 Å². The van der Waals surface area contributed by atoms with Crippen molar-refractivity contribution in [2.75, 3.05) is 11.1 Å². The number of nitrogens with one attached hydrogen (secondary N) is 1. The molecular weight excluding hydrogens is 196 g/mol. The van der Waals surface area contributed by atoms with Crippen molar-refractivity contribution in [1.82, 2.24) is 0 Å². The molecule has 5 heteroatoms. The number of carbonyl (C=O) groups is 2. The Morgan fingerprint density at radius 1 is 1.53 bits per heavy atom. The fraction of sp³-hybridized carbons (Fsp3) is 0.200. The molecule has 1 atom stereocenters. The summed E-state index contributed by atoms with van der Waals surface area (Å²) in [4.78, 5) is 22.1. The van der Waals surface area contributed by atoms with E-state index in [1.165, 1.54) is 0 Å². The van der Waals surface area contributed by atoms with Crippen molar-refractivity contribution in [2.45, 2.75) is 6.42 Å². The number of fused-ring (bicyclic) bond motifs is 1. The molecule has 1 aliphatic heterocycles. The molecule has 5 nitrogen and oxygen atoms in total. The van der Waals surface area contributed by atoms with Gasteiger partial charge in [0.05, 0.1) is 0 Å². The van der Waals surface area contributed by atoms with Crippen LogP contribution in [0.1, 0.15) is 5.56 Å². The smallest absolute Gasteiger partial charge is 0.316 e. The van der Waals surface area contributed by atoms with Crippen molar-refractivity contribution in [3.05, 3.63) is 23.8 Å². The fourth-order valence-electron chi connectivity index (χ4n) is 1.64. The molecule has 1 heterocycles. The van der Waals surface area contributed by atoms with Crippen LogP contribution in [0.4, 0.5) is 11.4 Å². The van der Waals surface area contributed by atoms with Crippen LogP contribution in [0.25, 0.3) is 0 Å². The highest BCUT2D eigenvalue weighted by Crippen LogP contribution is 2.27. The monoisotopic (exact) mass is 206 g/mol. The number of carboxylic acids is 1. The van der Waals surface area contributed by atoms with Crippen LogP contribution in [-0.4, -0.2) is 17.0 Å². The third-order valence-corrected chi connectivity index (χ3v) is 2.43. The van der Waals surface area contributed by atoms with Gasteiger partial charge in [-0.2, -0.15) is 0 Å². The topological polar surface area (TPSA) is 92.4 Å². The summed E-state index contributed by atoms with van der Waals surface area (Å²) in [5.74, 6) is -2.60. The molecule has 0 saturated heterocycles. The van der Waals surface area contributed by atoms with E-state index < -0.39 is 17.8 Å². The lowest BCUT2D eigenvalue weighted by Crippen LogP contribution is -2.35. The first-order valence-corrected chi connectivity index (χ1v) is 4.50. The van der Waals surface area contributed by atoms with E-state index in [9.17, 15) is 9.59 Å². The van der Waals surface area contributed by atoms with E-state index in [4.69, 9.17) is 10.8 Å². The third kappa shape index (κ3) is 1.63. The predicted molar refractivity (Wildman–Crippen MR) is 54.3 cm³/mol. The Hall–Kier alpha value is -2.04. The van der Waals surface area contributed by atoms with Gasteiger partial charge in [0.15, 0.2) is 0 Å². The molecule has 0 spiro atoms. The summed E-state index contributed by atoms with van der Waals surface area (Å²) in [5, 5.41) is 11.4. The zero-order valence-corrected chi connectivity index (χ0v) is 7.86. The second-order valence-electron chi connectivity index (χ2n) is 3.50. The number of benzene rings is 1. The minimum Gasteiger partial charge on any atom is -0.481 e. The fourth-order valence-corrected chi connectivity index (χ4v) is 1.64. The average Bonchev–Trinajstić information content (AvgIpc) is 2.17. The maximum Gasteiger partial charge on any atom is 0.316 e. The Bertz CT molecular complexity index is 442. The molecule has 1 aromatic rings. The number of aliphatic carboxylic acids is 1. The molecule has 2 rings (SSSR count). The quantitative estimate of drug-likeness (QED) is 0.460. The van der Waals surface area contributed by atoms with Gasteiger partial charge < -0.3 is 16.2 Å². The minimum absolute atomic E-state index is 0.196. The summed E-state index contributed by atoms with van der Waals surface area (Å²) in [7, 11) is 0. The van der Waals surface area contributed by atoms with Crippen LogP contribution in [0.5, 0.6) is 0 Å². The molecule has 1 aliphatic rings. The maximum atomic E-state index is 11.4. The van der Waals surface area contributed by atoms with Gasteiger partial charge in [0.2, 0.25) is 5.91 Å². The van der Waals surface area contributed by atoms with Gasteiger partial charge in [-0.15, -0.1) is 0 Å². The molecule has 0 saturated carbocycles. The highest BCUT2D eigenvalue weighted by Gasteiger charge is 2.31. The van der Waals surface area contributed by atoms with Crippen molar-refractivity contribution in [3.63, 3.8) is 0 Å². The predicted octanol–water partition coefficient (Wildman–Crippen LogP) is 0.464. The number of rotatable bonds is 1. The third-order valence-electron chi connectivity index (χ3n) is 2.43. The second kappa shape index (κ2) is 3.27. The number of nitrogens with two attached hydrogens (primary N) is 1. The van der Waals surface area contributed by atoms with E-state index in [1.54, 1.807) is 18.2 Å². The summed E-state index contributed by atoms with van der Waals surface area (Å²) in [6.07, 6.45) is 0.196. The molecular formula is C10H10N2O3. The number of carbonyl (C=O) groups excluding carboxylic acids is 1. The van der Waals surface area contributed by atoms with Crippen LogP contribution in [0, 0.1) is 5.92 Å². The van der Waals surface area contributed by atoms with E-state index >= 15 is 0 Å². The molecule has 15 heavy (non-hydrogen) atoms. The molecule has 4 N–H and O–H groups in total. The molecule has 1 unspecified atom stereocenters. The second-order valence-corrected chi connectivity index (χ2v) is 3.50. The first-order chi connectivity index (χ1) is 7.08. The molecule has 0 radical (unpaired) electrons. The van der Waals surface area contributed by atoms with E-state index in [1.807, 2.05) is 0 Å². The molecule has 0 aromatic heterocycles. The number of amides is 1. The van der Waals surface area contributed by atoms with Crippen LogP contribution in [0.3, 0.4) is 0 Å². The molecule has 78 valence electrons. The van der Waals surface area contributed by atoms with Gasteiger partial charge in [0, 0.05) is 11.4 Å². The molecule has 1 aromatic carbocycles. The van der Waals surface area contributed by atoms with Crippen LogP contribution in [0.2, 0.25) is 0 Å². The molecule has 0 aliphatic carbocycles. The number of carboxylic acid groups (broad SMARTS) is 1. The van der Waals surface area contributed by atoms with E-state index in [0.717, 1.165) is 5.56 Å². The van der Waals surface area contributed by atoms with Gasteiger partial charge >= 0.3 is 5.97 Å².